The van der Waals surface area contributed by atoms with E-state index >= 15 is 0 Å². The molecule has 8 heteroatoms. The molecule has 3 fully saturated rings. The van der Waals surface area contributed by atoms with E-state index in [1.165, 1.54) is 6.26 Å². The van der Waals surface area contributed by atoms with Crippen LogP contribution >= 0.6 is 12.4 Å². The van der Waals surface area contributed by atoms with Crippen LogP contribution in [0.1, 0.15) is 45.4 Å². The van der Waals surface area contributed by atoms with Crippen LogP contribution in [-0.4, -0.2) is 68.6 Å². The van der Waals surface area contributed by atoms with Gasteiger partial charge in [-0.3, -0.25) is 9.69 Å². The van der Waals surface area contributed by atoms with Gasteiger partial charge < -0.3 is 4.90 Å². The SMILES string of the molecule is CCC[C@H]1CN(C2CCN(C(=O)C3CC3)CC2)C[C@@H]1NS(C)(=O)=O.Cl. The second-order valence-electron chi connectivity index (χ2n) is 7.83. The summed E-state index contributed by atoms with van der Waals surface area (Å²) in [4.78, 5) is 16.7. The van der Waals surface area contributed by atoms with Gasteiger partial charge in [-0.15, -0.1) is 12.4 Å². The molecule has 2 atom stereocenters. The Balaban J connectivity index is 0.00000225. The fraction of sp³-hybridized carbons (Fsp3) is 0.941. The summed E-state index contributed by atoms with van der Waals surface area (Å²) in [6, 6.07) is 0.519. The minimum Gasteiger partial charge on any atom is -0.342 e. The van der Waals surface area contributed by atoms with E-state index in [4.69, 9.17) is 0 Å². The maximum atomic E-state index is 12.2. The third kappa shape index (κ3) is 5.55. The van der Waals surface area contributed by atoms with E-state index in [0.717, 1.165) is 64.7 Å². The van der Waals surface area contributed by atoms with Gasteiger partial charge in [0.2, 0.25) is 15.9 Å². The van der Waals surface area contributed by atoms with Crippen LogP contribution in [0, 0.1) is 11.8 Å². The van der Waals surface area contributed by atoms with Crippen LogP contribution in [0.2, 0.25) is 0 Å². The third-order valence-electron chi connectivity index (χ3n) is 5.71. The van der Waals surface area contributed by atoms with E-state index in [9.17, 15) is 13.2 Å². The van der Waals surface area contributed by atoms with E-state index in [2.05, 4.69) is 16.5 Å². The van der Waals surface area contributed by atoms with Gasteiger partial charge in [0.15, 0.2) is 0 Å². The molecule has 1 saturated carbocycles. The Bertz CT molecular complexity index is 559. The Hall–Kier alpha value is -0.370. The molecule has 2 saturated heterocycles. The predicted molar refractivity (Wildman–Crippen MR) is 101 cm³/mol. The molecule has 3 aliphatic rings. The highest BCUT2D eigenvalue weighted by Crippen LogP contribution is 2.33. The van der Waals surface area contributed by atoms with Crippen LogP contribution in [0.4, 0.5) is 0 Å². The number of amides is 1. The molecule has 0 aromatic heterocycles. The van der Waals surface area contributed by atoms with Gasteiger partial charge in [0.1, 0.15) is 0 Å². The topological polar surface area (TPSA) is 69.7 Å². The lowest BCUT2D eigenvalue weighted by Gasteiger charge is -2.37. The number of carbonyl (C=O) groups excluding carboxylic acids is 1. The Labute approximate surface area is 158 Å². The van der Waals surface area contributed by atoms with Gasteiger partial charge in [-0.25, -0.2) is 13.1 Å². The summed E-state index contributed by atoms with van der Waals surface area (Å²) in [6.45, 7) is 5.65. The van der Waals surface area contributed by atoms with E-state index in [0.29, 0.717) is 23.8 Å². The number of hydrogen-bond donors (Lipinski definition) is 1. The first-order chi connectivity index (χ1) is 11.4. The van der Waals surface area contributed by atoms with Crippen LogP contribution in [0.25, 0.3) is 0 Å². The van der Waals surface area contributed by atoms with Crippen LogP contribution in [0.15, 0.2) is 0 Å². The maximum absolute atomic E-state index is 12.2. The summed E-state index contributed by atoms with van der Waals surface area (Å²) in [7, 11) is -3.17. The average Bonchev–Trinajstić information content (AvgIpc) is 3.30. The van der Waals surface area contributed by atoms with Gasteiger partial charge in [0.25, 0.3) is 0 Å². The van der Waals surface area contributed by atoms with Crippen LogP contribution < -0.4 is 4.72 Å². The van der Waals surface area contributed by atoms with Gasteiger partial charge >= 0.3 is 0 Å². The molecule has 6 nitrogen and oxygen atoms in total. The van der Waals surface area contributed by atoms with Crippen molar-refractivity contribution in [3.8, 4) is 0 Å². The summed E-state index contributed by atoms with van der Waals surface area (Å²) in [5.41, 5.74) is 0. The second-order valence-corrected chi connectivity index (χ2v) is 9.61. The number of piperidine rings is 1. The molecule has 0 bridgehead atoms. The highest BCUT2D eigenvalue weighted by atomic mass is 35.5. The quantitative estimate of drug-likeness (QED) is 0.741. The molecule has 1 aliphatic carbocycles. The van der Waals surface area contributed by atoms with Gasteiger partial charge in [0.05, 0.1) is 6.26 Å². The molecule has 0 aromatic rings. The Morgan fingerprint density at radius 1 is 1.12 bits per heavy atom. The van der Waals surface area contributed by atoms with Crippen LogP contribution in [-0.2, 0) is 14.8 Å². The molecule has 0 spiro atoms. The standard InChI is InChI=1S/C17H31N3O3S.ClH/c1-3-4-14-11-20(12-16(14)18-24(2,22)23)15-7-9-19(10-8-15)17(21)13-5-6-13;/h13-16,18H,3-12H2,1-2H3;1H/t14-,16-;/m0./s1. The molecule has 1 N–H and O–H groups in total. The van der Waals surface area contributed by atoms with Gasteiger partial charge in [-0.05, 0) is 38.0 Å². The second kappa shape index (κ2) is 8.55. The number of hydrogen-bond acceptors (Lipinski definition) is 4. The summed E-state index contributed by atoms with van der Waals surface area (Å²) in [6.07, 6.45) is 7.56. The Morgan fingerprint density at radius 2 is 1.76 bits per heavy atom. The lowest BCUT2D eigenvalue weighted by molar-refractivity contribution is -0.134. The zero-order valence-electron chi connectivity index (χ0n) is 15.3. The summed E-state index contributed by atoms with van der Waals surface area (Å²) in [5.74, 6) is 1.07. The third-order valence-corrected chi connectivity index (χ3v) is 6.44. The first kappa shape index (κ1) is 20.9. The van der Waals surface area contributed by atoms with E-state index in [1.54, 1.807) is 0 Å². The van der Waals surface area contributed by atoms with Crippen molar-refractivity contribution >= 4 is 28.3 Å². The molecule has 25 heavy (non-hydrogen) atoms. The Morgan fingerprint density at radius 3 is 2.28 bits per heavy atom. The smallest absolute Gasteiger partial charge is 0.225 e. The molecule has 0 unspecified atom stereocenters. The highest BCUT2D eigenvalue weighted by molar-refractivity contribution is 7.88. The van der Waals surface area contributed by atoms with Crippen molar-refractivity contribution in [1.82, 2.24) is 14.5 Å². The number of nitrogens with zero attached hydrogens (tertiary/aromatic N) is 2. The zero-order valence-corrected chi connectivity index (χ0v) is 16.9. The number of halogens is 1. The lowest BCUT2D eigenvalue weighted by atomic mass is 9.99. The van der Waals surface area contributed by atoms with Gasteiger partial charge in [-0.1, -0.05) is 13.3 Å². The maximum Gasteiger partial charge on any atom is 0.225 e. The minimum absolute atomic E-state index is 0. The van der Waals surface area contributed by atoms with E-state index in [-0.39, 0.29) is 18.4 Å². The monoisotopic (exact) mass is 393 g/mol. The van der Waals surface area contributed by atoms with Crippen molar-refractivity contribution in [2.75, 3.05) is 32.4 Å². The van der Waals surface area contributed by atoms with E-state index in [1.807, 2.05) is 4.90 Å². The number of nitrogens with one attached hydrogen (secondary N) is 1. The number of sulfonamides is 1. The fourth-order valence-corrected chi connectivity index (χ4v) is 5.13. The summed E-state index contributed by atoms with van der Waals surface area (Å²) >= 11 is 0. The van der Waals surface area contributed by atoms with Crippen molar-refractivity contribution in [1.29, 1.82) is 0 Å². The highest BCUT2D eigenvalue weighted by Gasteiger charge is 2.39. The molecule has 2 heterocycles. The zero-order chi connectivity index (χ0) is 17.3. The summed E-state index contributed by atoms with van der Waals surface area (Å²) < 4.78 is 26.1. The van der Waals surface area contributed by atoms with E-state index < -0.39 is 10.0 Å². The van der Waals surface area contributed by atoms with Crippen molar-refractivity contribution in [3.05, 3.63) is 0 Å². The molecular formula is C17H32ClN3O3S. The molecule has 0 aromatic carbocycles. The first-order valence-corrected chi connectivity index (χ1v) is 11.3. The first-order valence-electron chi connectivity index (χ1n) is 9.37. The number of likely N-dealkylation sites (tertiary alicyclic amines) is 2. The summed E-state index contributed by atoms with van der Waals surface area (Å²) in [5, 5.41) is 0. The van der Waals surface area contributed by atoms with Crippen molar-refractivity contribution in [2.24, 2.45) is 11.8 Å². The number of carbonyl (C=O) groups is 1. The van der Waals surface area contributed by atoms with Crippen molar-refractivity contribution in [3.63, 3.8) is 0 Å². The average molecular weight is 394 g/mol. The molecule has 0 radical (unpaired) electrons. The van der Waals surface area contributed by atoms with Crippen molar-refractivity contribution < 1.29 is 13.2 Å². The molecular weight excluding hydrogens is 362 g/mol. The van der Waals surface area contributed by atoms with Gasteiger partial charge in [-0.2, -0.15) is 0 Å². The Kier molecular flexibility index (Phi) is 7.16. The molecule has 3 rings (SSSR count). The minimum atomic E-state index is -3.17. The molecule has 1 amide bonds. The number of rotatable bonds is 6. The molecule has 146 valence electrons. The largest absolute Gasteiger partial charge is 0.342 e. The molecule has 2 aliphatic heterocycles. The fourth-order valence-electron chi connectivity index (χ4n) is 4.31. The normalized spacial score (nSPS) is 28.8. The lowest BCUT2D eigenvalue weighted by Crippen LogP contribution is -2.47. The van der Waals surface area contributed by atoms with Crippen LogP contribution in [0.5, 0.6) is 0 Å². The van der Waals surface area contributed by atoms with Gasteiger partial charge in [0, 0.05) is 44.2 Å². The predicted octanol–water partition coefficient (Wildman–Crippen LogP) is 1.46. The van der Waals surface area contributed by atoms with Crippen molar-refractivity contribution in [2.45, 2.75) is 57.5 Å². The van der Waals surface area contributed by atoms with Crippen LogP contribution in [0.3, 0.4) is 0 Å².